The van der Waals surface area contributed by atoms with E-state index in [1.807, 2.05) is 35.2 Å². The third-order valence-electron chi connectivity index (χ3n) is 5.22. The van der Waals surface area contributed by atoms with Crippen molar-refractivity contribution < 1.29 is 14.6 Å². The number of carboxylic acids is 1. The highest BCUT2D eigenvalue weighted by atomic mass is 16.5. The SMILES string of the molecule is COc1ccc(C(C(=O)O)N2CCC(C#N)(c3ccccc3)CC2)cc1. The Morgan fingerprint density at radius 3 is 2.27 bits per heavy atom. The van der Waals surface area contributed by atoms with Gasteiger partial charge in [0, 0.05) is 13.1 Å². The van der Waals surface area contributed by atoms with E-state index in [9.17, 15) is 15.2 Å². The van der Waals surface area contributed by atoms with Gasteiger partial charge in [0.1, 0.15) is 11.8 Å². The first-order chi connectivity index (χ1) is 12.6. The number of benzene rings is 2. The van der Waals surface area contributed by atoms with Crippen LogP contribution in [-0.2, 0) is 10.2 Å². The molecule has 1 saturated heterocycles. The van der Waals surface area contributed by atoms with Crippen molar-refractivity contribution in [3.8, 4) is 11.8 Å². The fraction of sp³-hybridized carbons (Fsp3) is 0.333. The third-order valence-corrected chi connectivity index (χ3v) is 5.22. The van der Waals surface area contributed by atoms with Gasteiger partial charge in [-0.2, -0.15) is 5.26 Å². The van der Waals surface area contributed by atoms with Gasteiger partial charge in [-0.05, 0) is 36.1 Å². The van der Waals surface area contributed by atoms with E-state index >= 15 is 0 Å². The second-order valence-corrected chi connectivity index (χ2v) is 6.61. The number of rotatable bonds is 5. The maximum absolute atomic E-state index is 11.9. The van der Waals surface area contributed by atoms with Crippen LogP contribution in [0.15, 0.2) is 54.6 Å². The quantitative estimate of drug-likeness (QED) is 0.895. The number of aliphatic carboxylic acids is 1. The van der Waals surface area contributed by atoms with Crippen molar-refractivity contribution in [2.45, 2.75) is 24.3 Å². The summed E-state index contributed by atoms with van der Waals surface area (Å²) in [7, 11) is 1.58. The van der Waals surface area contributed by atoms with Crippen LogP contribution in [0.2, 0.25) is 0 Å². The Morgan fingerprint density at radius 1 is 1.15 bits per heavy atom. The van der Waals surface area contributed by atoms with Gasteiger partial charge in [-0.3, -0.25) is 9.69 Å². The van der Waals surface area contributed by atoms with E-state index in [1.54, 1.807) is 31.4 Å². The molecule has 0 bridgehead atoms. The normalized spacial score (nSPS) is 17.8. The Labute approximate surface area is 153 Å². The summed E-state index contributed by atoms with van der Waals surface area (Å²) in [6.07, 6.45) is 1.24. The Balaban J connectivity index is 1.80. The Bertz CT molecular complexity index is 788. The molecule has 0 aliphatic carbocycles. The van der Waals surface area contributed by atoms with E-state index in [-0.39, 0.29) is 0 Å². The second-order valence-electron chi connectivity index (χ2n) is 6.61. The first-order valence-corrected chi connectivity index (χ1v) is 8.67. The van der Waals surface area contributed by atoms with Crippen molar-refractivity contribution in [1.29, 1.82) is 5.26 Å². The maximum Gasteiger partial charge on any atom is 0.325 e. The zero-order chi connectivity index (χ0) is 18.6. The molecule has 1 aliphatic heterocycles. The summed E-state index contributed by atoms with van der Waals surface area (Å²) in [5.74, 6) is -0.177. The number of ether oxygens (including phenoxy) is 1. The largest absolute Gasteiger partial charge is 0.497 e. The molecule has 5 nitrogen and oxygen atoms in total. The zero-order valence-corrected chi connectivity index (χ0v) is 14.8. The highest BCUT2D eigenvalue weighted by Crippen LogP contribution is 2.37. The van der Waals surface area contributed by atoms with Crippen LogP contribution >= 0.6 is 0 Å². The lowest BCUT2D eigenvalue weighted by Gasteiger charge is -2.40. The minimum Gasteiger partial charge on any atom is -0.497 e. The van der Waals surface area contributed by atoms with Crippen LogP contribution in [-0.4, -0.2) is 36.2 Å². The molecule has 0 spiro atoms. The molecule has 0 amide bonds. The molecule has 0 radical (unpaired) electrons. The van der Waals surface area contributed by atoms with E-state index < -0.39 is 17.4 Å². The first-order valence-electron chi connectivity index (χ1n) is 8.67. The third kappa shape index (κ3) is 3.42. The molecule has 0 saturated carbocycles. The minimum absolute atomic E-state index is 0.541. The number of hydrogen-bond acceptors (Lipinski definition) is 4. The van der Waals surface area contributed by atoms with Gasteiger partial charge in [0.15, 0.2) is 0 Å². The van der Waals surface area contributed by atoms with E-state index in [0.717, 1.165) is 11.1 Å². The van der Waals surface area contributed by atoms with E-state index in [0.29, 0.717) is 31.7 Å². The summed E-state index contributed by atoms with van der Waals surface area (Å²) in [6, 6.07) is 18.7. The molecule has 1 atom stereocenters. The molecule has 3 rings (SSSR count). The van der Waals surface area contributed by atoms with Gasteiger partial charge in [0.2, 0.25) is 0 Å². The number of carboxylic acid groups (broad SMARTS) is 1. The molecular weight excluding hydrogens is 328 g/mol. The van der Waals surface area contributed by atoms with Gasteiger partial charge in [-0.25, -0.2) is 0 Å². The van der Waals surface area contributed by atoms with Crippen molar-refractivity contribution in [2.75, 3.05) is 20.2 Å². The predicted octanol–water partition coefficient (Wildman–Crippen LogP) is 3.38. The summed E-state index contributed by atoms with van der Waals surface area (Å²) in [4.78, 5) is 13.9. The average Bonchev–Trinajstić information content (AvgIpc) is 2.70. The topological polar surface area (TPSA) is 73.6 Å². The Kier molecular flexibility index (Phi) is 5.24. The highest BCUT2D eigenvalue weighted by molar-refractivity contribution is 5.75. The first kappa shape index (κ1) is 18.0. The molecule has 1 heterocycles. The van der Waals surface area contributed by atoms with Gasteiger partial charge in [-0.1, -0.05) is 42.5 Å². The second kappa shape index (κ2) is 7.59. The molecule has 1 unspecified atom stereocenters. The van der Waals surface area contributed by atoms with Crippen LogP contribution < -0.4 is 4.74 Å². The van der Waals surface area contributed by atoms with Gasteiger partial charge in [0.05, 0.1) is 18.6 Å². The fourth-order valence-electron chi connectivity index (χ4n) is 3.68. The predicted molar refractivity (Wildman–Crippen MR) is 97.9 cm³/mol. The average molecular weight is 350 g/mol. The van der Waals surface area contributed by atoms with E-state index in [1.165, 1.54) is 0 Å². The van der Waals surface area contributed by atoms with Gasteiger partial charge < -0.3 is 9.84 Å². The lowest BCUT2D eigenvalue weighted by atomic mass is 9.73. The fourth-order valence-corrected chi connectivity index (χ4v) is 3.68. The minimum atomic E-state index is -0.876. The molecule has 1 N–H and O–H groups in total. The van der Waals surface area contributed by atoms with Crippen molar-refractivity contribution in [3.05, 3.63) is 65.7 Å². The van der Waals surface area contributed by atoms with Crippen LogP contribution in [0.5, 0.6) is 5.75 Å². The standard InChI is InChI=1S/C21H22N2O3/c1-26-18-9-7-16(8-10-18)19(20(24)25)23-13-11-21(15-22,12-14-23)17-5-3-2-4-6-17/h2-10,19H,11-14H2,1H3,(H,24,25). The van der Waals surface area contributed by atoms with Crippen molar-refractivity contribution in [1.82, 2.24) is 4.90 Å². The van der Waals surface area contributed by atoms with Crippen molar-refractivity contribution in [3.63, 3.8) is 0 Å². The molecular formula is C21H22N2O3. The van der Waals surface area contributed by atoms with Gasteiger partial charge in [0.25, 0.3) is 0 Å². The van der Waals surface area contributed by atoms with E-state index in [2.05, 4.69) is 6.07 Å². The number of carbonyl (C=O) groups is 1. The summed E-state index contributed by atoms with van der Waals surface area (Å²) in [5, 5.41) is 19.6. The van der Waals surface area contributed by atoms with Crippen molar-refractivity contribution in [2.24, 2.45) is 0 Å². The lowest BCUT2D eigenvalue weighted by Crippen LogP contribution is -2.45. The maximum atomic E-state index is 11.9. The molecule has 26 heavy (non-hydrogen) atoms. The highest BCUT2D eigenvalue weighted by Gasteiger charge is 2.40. The number of hydrogen-bond donors (Lipinski definition) is 1. The molecule has 1 aliphatic rings. The number of likely N-dealkylation sites (tertiary alicyclic amines) is 1. The zero-order valence-electron chi connectivity index (χ0n) is 14.8. The van der Waals surface area contributed by atoms with Crippen molar-refractivity contribution >= 4 is 5.97 Å². The van der Waals surface area contributed by atoms with Crippen LogP contribution in [0.1, 0.15) is 30.0 Å². The number of nitriles is 1. The van der Waals surface area contributed by atoms with Crippen LogP contribution in [0.25, 0.3) is 0 Å². The molecule has 134 valence electrons. The molecule has 1 fully saturated rings. The van der Waals surface area contributed by atoms with Crippen LogP contribution in [0.4, 0.5) is 0 Å². The molecule has 5 heteroatoms. The lowest BCUT2D eigenvalue weighted by molar-refractivity contribution is -0.144. The molecule has 2 aromatic rings. The smallest absolute Gasteiger partial charge is 0.325 e. The van der Waals surface area contributed by atoms with Crippen LogP contribution in [0.3, 0.4) is 0 Å². The summed E-state index contributed by atoms with van der Waals surface area (Å²) >= 11 is 0. The van der Waals surface area contributed by atoms with E-state index in [4.69, 9.17) is 4.74 Å². The molecule has 0 aromatic heterocycles. The summed E-state index contributed by atoms with van der Waals surface area (Å²) in [5.41, 5.74) is 1.20. The Morgan fingerprint density at radius 2 is 1.77 bits per heavy atom. The number of nitrogens with zero attached hydrogens (tertiary/aromatic N) is 2. The number of piperidine rings is 1. The van der Waals surface area contributed by atoms with Crippen LogP contribution in [0, 0.1) is 11.3 Å². The summed E-state index contributed by atoms with van der Waals surface area (Å²) in [6.45, 7) is 1.12. The monoisotopic (exact) mass is 350 g/mol. The Hall–Kier alpha value is -2.84. The number of methoxy groups -OCH3 is 1. The summed E-state index contributed by atoms with van der Waals surface area (Å²) < 4.78 is 5.15. The molecule has 2 aromatic carbocycles. The van der Waals surface area contributed by atoms with Gasteiger partial charge >= 0.3 is 5.97 Å². The van der Waals surface area contributed by atoms with Gasteiger partial charge in [-0.15, -0.1) is 0 Å².